The predicted octanol–water partition coefficient (Wildman–Crippen LogP) is 1.74. The molecular formula is C9H7Cl2NO4. The van der Waals surface area contributed by atoms with Gasteiger partial charge in [0.2, 0.25) is 0 Å². The van der Waals surface area contributed by atoms with Crippen LogP contribution in [0.25, 0.3) is 0 Å². The van der Waals surface area contributed by atoms with E-state index < -0.39 is 18.5 Å². The number of carbonyl (C=O) groups excluding carboxylic acids is 1. The third kappa shape index (κ3) is 3.69. The van der Waals surface area contributed by atoms with E-state index in [9.17, 15) is 9.59 Å². The van der Waals surface area contributed by atoms with Crippen molar-refractivity contribution in [3.63, 3.8) is 0 Å². The van der Waals surface area contributed by atoms with E-state index in [2.05, 4.69) is 4.84 Å². The zero-order valence-electron chi connectivity index (χ0n) is 7.87. The molecule has 0 aliphatic heterocycles. The Morgan fingerprint density at radius 3 is 2.62 bits per heavy atom. The van der Waals surface area contributed by atoms with Gasteiger partial charge in [-0.3, -0.25) is 9.63 Å². The summed E-state index contributed by atoms with van der Waals surface area (Å²) in [6.07, 6.45) is 0. The van der Waals surface area contributed by atoms with Crippen LogP contribution in [0.1, 0.15) is 10.4 Å². The zero-order chi connectivity index (χ0) is 12.1. The SMILES string of the molecule is O=C(O)CONC(=O)c1ccc(Cl)cc1Cl. The fourth-order valence-electron chi connectivity index (χ4n) is 0.892. The van der Waals surface area contributed by atoms with E-state index in [0.29, 0.717) is 5.02 Å². The number of amides is 1. The number of nitrogens with one attached hydrogen (secondary N) is 1. The fourth-order valence-corrected chi connectivity index (χ4v) is 1.39. The minimum absolute atomic E-state index is 0.149. The Hall–Kier alpha value is -1.30. The lowest BCUT2D eigenvalue weighted by Crippen LogP contribution is -2.26. The number of hydrogen-bond donors (Lipinski definition) is 2. The number of carbonyl (C=O) groups is 2. The monoisotopic (exact) mass is 263 g/mol. The lowest BCUT2D eigenvalue weighted by atomic mass is 10.2. The third-order valence-corrected chi connectivity index (χ3v) is 2.08. The first-order valence-electron chi connectivity index (χ1n) is 4.09. The largest absolute Gasteiger partial charge is 0.479 e. The van der Waals surface area contributed by atoms with Crippen molar-refractivity contribution in [2.24, 2.45) is 0 Å². The number of hydroxylamine groups is 1. The normalized spacial score (nSPS) is 9.88. The van der Waals surface area contributed by atoms with Gasteiger partial charge in [-0.15, -0.1) is 0 Å². The summed E-state index contributed by atoms with van der Waals surface area (Å²) in [5.74, 6) is -1.83. The first kappa shape index (κ1) is 12.8. The number of aliphatic carboxylic acids is 1. The summed E-state index contributed by atoms with van der Waals surface area (Å²) in [7, 11) is 0. The topological polar surface area (TPSA) is 75.6 Å². The van der Waals surface area contributed by atoms with Crippen molar-refractivity contribution in [3.8, 4) is 0 Å². The van der Waals surface area contributed by atoms with E-state index in [4.69, 9.17) is 28.3 Å². The van der Waals surface area contributed by atoms with Crippen molar-refractivity contribution >= 4 is 35.1 Å². The molecule has 0 aliphatic rings. The molecule has 86 valence electrons. The number of carboxylic acids is 1. The maximum absolute atomic E-state index is 11.4. The van der Waals surface area contributed by atoms with Crippen molar-refractivity contribution in [2.75, 3.05) is 6.61 Å². The highest BCUT2D eigenvalue weighted by atomic mass is 35.5. The average molecular weight is 264 g/mol. The highest BCUT2D eigenvalue weighted by molar-refractivity contribution is 6.36. The van der Waals surface area contributed by atoms with Crippen molar-refractivity contribution in [1.29, 1.82) is 0 Å². The van der Waals surface area contributed by atoms with Crippen LogP contribution in [0.15, 0.2) is 18.2 Å². The molecule has 2 N–H and O–H groups in total. The van der Waals surface area contributed by atoms with Gasteiger partial charge < -0.3 is 5.11 Å². The lowest BCUT2D eigenvalue weighted by molar-refractivity contribution is -0.144. The number of benzene rings is 1. The van der Waals surface area contributed by atoms with Crippen LogP contribution in [0, 0.1) is 0 Å². The molecule has 1 aromatic carbocycles. The van der Waals surface area contributed by atoms with Crippen molar-refractivity contribution in [2.45, 2.75) is 0 Å². The Bertz CT molecular complexity index is 422. The molecule has 1 rings (SSSR count). The molecule has 0 bridgehead atoms. The summed E-state index contributed by atoms with van der Waals surface area (Å²) >= 11 is 11.4. The minimum Gasteiger partial charge on any atom is -0.479 e. The van der Waals surface area contributed by atoms with Crippen LogP contribution in [0.4, 0.5) is 0 Å². The van der Waals surface area contributed by atoms with E-state index in [1.54, 1.807) is 0 Å². The molecule has 0 saturated carbocycles. The van der Waals surface area contributed by atoms with Gasteiger partial charge in [-0.05, 0) is 18.2 Å². The second-order valence-corrected chi connectivity index (χ2v) is 3.58. The molecule has 0 fully saturated rings. The summed E-state index contributed by atoms with van der Waals surface area (Å²) in [5, 5.41) is 8.82. The Kier molecular flexibility index (Phi) is 4.54. The van der Waals surface area contributed by atoms with E-state index in [1.807, 2.05) is 5.48 Å². The van der Waals surface area contributed by atoms with Crippen LogP contribution in [0.2, 0.25) is 10.0 Å². The molecule has 0 aromatic heterocycles. The van der Waals surface area contributed by atoms with Crippen LogP contribution in [0.3, 0.4) is 0 Å². The second-order valence-electron chi connectivity index (χ2n) is 2.74. The van der Waals surface area contributed by atoms with Crippen molar-refractivity contribution in [3.05, 3.63) is 33.8 Å². The van der Waals surface area contributed by atoms with Gasteiger partial charge in [-0.2, -0.15) is 0 Å². The van der Waals surface area contributed by atoms with E-state index >= 15 is 0 Å². The number of hydrogen-bond acceptors (Lipinski definition) is 3. The van der Waals surface area contributed by atoms with Gasteiger partial charge in [0.1, 0.15) is 0 Å². The highest BCUT2D eigenvalue weighted by Crippen LogP contribution is 2.20. The van der Waals surface area contributed by atoms with Crippen molar-refractivity contribution < 1.29 is 19.5 Å². The summed E-state index contributed by atoms with van der Waals surface area (Å²) in [6.45, 7) is -0.628. The molecule has 0 heterocycles. The molecule has 5 nitrogen and oxygen atoms in total. The first-order chi connectivity index (χ1) is 7.50. The number of rotatable bonds is 4. The van der Waals surface area contributed by atoms with Crippen LogP contribution < -0.4 is 5.48 Å². The molecular weight excluding hydrogens is 257 g/mol. The van der Waals surface area contributed by atoms with Gasteiger partial charge in [0, 0.05) is 5.02 Å². The molecule has 0 saturated heterocycles. The Morgan fingerprint density at radius 1 is 1.38 bits per heavy atom. The van der Waals surface area contributed by atoms with Gasteiger partial charge >= 0.3 is 5.97 Å². The van der Waals surface area contributed by atoms with Crippen LogP contribution in [-0.2, 0) is 9.63 Å². The zero-order valence-corrected chi connectivity index (χ0v) is 9.38. The molecule has 1 aromatic rings. The summed E-state index contributed by atoms with van der Waals surface area (Å²) < 4.78 is 0. The van der Waals surface area contributed by atoms with E-state index in [-0.39, 0.29) is 10.6 Å². The standard InChI is InChI=1S/C9H7Cl2NO4/c10-5-1-2-6(7(11)3-5)9(15)12-16-4-8(13)14/h1-3H,4H2,(H,12,15)(H,13,14). The molecule has 7 heteroatoms. The smallest absolute Gasteiger partial charge is 0.332 e. The molecule has 0 radical (unpaired) electrons. The lowest BCUT2D eigenvalue weighted by Gasteiger charge is -2.05. The van der Waals surface area contributed by atoms with Gasteiger partial charge in [0.25, 0.3) is 5.91 Å². The molecule has 1 amide bonds. The Morgan fingerprint density at radius 2 is 2.06 bits per heavy atom. The van der Waals surface area contributed by atoms with E-state index in [1.165, 1.54) is 18.2 Å². The van der Waals surface area contributed by atoms with Crippen LogP contribution >= 0.6 is 23.2 Å². The first-order valence-corrected chi connectivity index (χ1v) is 4.85. The summed E-state index contributed by atoms with van der Waals surface area (Å²) in [6, 6.07) is 4.29. The van der Waals surface area contributed by atoms with Crippen LogP contribution in [0.5, 0.6) is 0 Å². The maximum atomic E-state index is 11.4. The predicted molar refractivity (Wildman–Crippen MR) is 57.5 cm³/mol. The molecule has 0 aliphatic carbocycles. The Labute approximate surface area is 101 Å². The second kappa shape index (κ2) is 5.69. The highest BCUT2D eigenvalue weighted by Gasteiger charge is 2.11. The quantitative estimate of drug-likeness (QED) is 0.812. The summed E-state index contributed by atoms with van der Waals surface area (Å²) in [4.78, 5) is 25.9. The average Bonchev–Trinajstić information content (AvgIpc) is 2.16. The van der Waals surface area contributed by atoms with Crippen molar-refractivity contribution in [1.82, 2.24) is 5.48 Å². The van der Waals surface area contributed by atoms with E-state index in [0.717, 1.165) is 0 Å². The maximum Gasteiger partial charge on any atom is 0.332 e. The van der Waals surface area contributed by atoms with Gasteiger partial charge in [-0.25, -0.2) is 10.3 Å². The van der Waals surface area contributed by atoms with Gasteiger partial charge in [-0.1, -0.05) is 23.2 Å². The molecule has 16 heavy (non-hydrogen) atoms. The number of carboxylic acid groups (broad SMARTS) is 1. The molecule has 0 unspecified atom stereocenters. The Balaban J connectivity index is 2.63. The summed E-state index contributed by atoms with van der Waals surface area (Å²) in [5.41, 5.74) is 2.09. The molecule has 0 atom stereocenters. The van der Waals surface area contributed by atoms with Gasteiger partial charge in [0.15, 0.2) is 6.61 Å². The van der Waals surface area contributed by atoms with Gasteiger partial charge in [0.05, 0.1) is 10.6 Å². The molecule has 0 spiro atoms. The third-order valence-electron chi connectivity index (χ3n) is 1.54. The number of halogens is 2. The van der Waals surface area contributed by atoms with Crippen LogP contribution in [-0.4, -0.2) is 23.6 Å². The fraction of sp³-hybridized carbons (Fsp3) is 0.111. The minimum atomic E-state index is -1.19.